The Labute approximate surface area is 234 Å². The number of benzene rings is 1. The fourth-order valence-corrected chi connectivity index (χ4v) is 5.92. The van der Waals surface area contributed by atoms with E-state index >= 15 is 0 Å². The zero-order valence-corrected chi connectivity index (χ0v) is 23.6. The maximum absolute atomic E-state index is 13.1. The van der Waals surface area contributed by atoms with Crippen LogP contribution >= 0.6 is 11.8 Å². The molecule has 0 fully saturated rings. The number of carbonyl (C=O) groups is 1. The molecule has 1 aromatic heterocycles. The Hall–Kier alpha value is -3.79. The third-order valence-electron chi connectivity index (χ3n) is 7.05. The number of esters is 1. The van der Waals surface area contributed by atoms with Crippen LogP contribution < -0.4 is 5.73 Å². The number of rotatable bonds is 8. The number of allylic oxidation sites excluding steroid dienone is 1. The number of nitrogens with two attached hydrogens (primary N) is 1. The first-order chi connectivity index (χ1) is 18.8. The molecule has 2 N–H and O–H groups in total. The van der Waals surface area contributed by atoms with E-state index < -0.39 is 11.9 Å². The van der Waals surface area contributed by atoms with E-state index in [1.54, 1.807) is 0 Å². The van der Waals surface area contributed by atoms with Crippen LogP contribution in [0.15, 0.2) is 58.1 Å². The lowest BCUT2D eigenvalue weighted by molar-refractivity contribution is -0.136. The van der Waals surface area contributed by atoms with E-state index in [0.29, 0.717) is 22.3 Å². The molecule has 0 amide bonds. The van der Waals surface area contributed by atoms with Gasteiger partial charge in [0.05, 0.1) is 29.9 Å². The van der Waals surface area contributed by atoms with E-state index in [0.717, 1.165) is 54.9 Å². The van der Waals surface area contributed by atoms with Crippen LogP contribution in [0.3, 0.4) is 0 Å². The lowest BCUT2D eigenvalue weighted by atomic mass is 9.82. The Kier molecular flexibility index (Phi) is 8.96. The summed E-state index contributed by atoms with van der Waals surface area (Å²) in [5, 5.41) is 20.4. The maximum Gasteiger partial charge on any atom is 0.338 e. The number of methoxy groups -OCH3 is 1. The highest BCUT2D eigenvalue weighted by molar-refractivity contribution is 7.99. The van der Waals surface area contributed by atoms with Crippen molar-refractivity contribution in [2.75, 3.05) is 26.0 Å². The number of hydrogen-bond donors (Lipinski definition) is 1. The van der Waals surface area contributed by atoms with Crippen molar-refractivity contribution in [1.82, 2.24) is 9.88 Å². The van der Waals surface area contributed by atoms with Gasteiger partial charge < -0.3 is 15.2 Å². The summed E-state index contributed by atoms with van der Waals surface area (Å²) in [6.45, 7) is 9.09. The fourth-order valence-electron chi connectivity index (χ4n) is 5.01. The third-order valence-corrected chi connectivity index (χ3v) is 8.04. The normalized spacial score (nSPS) is 17.4. The van der Waals surface area contributed by atoms with Crippen molar-refractivity contribution in [3.05, 3.63) is 81.1 Å². The molecule has 0 bridgehead atoms. The standard InChI is InChI=1S/C30H33N5O3S/c1-5-11-35-12-10-24-22(16-35)13-21(14-31)29(34-24)39-17-25-27(30(36)37-4)26(23(15-32)28(33)38-25)20-8-6-19(7-9-20)18(2)3/h6-9,13,18,26H,5,10-12,16-17,33H2,1-4H3. The highest BCUT2D eigenvalue weighted by Gasteiger charge is 2.37. The number of nitriles is 2. The third kappa shape index (κ3) is 5.95. The van der Waals surface area contributed by atoms with Gasteiger partial charge in [-0.1, -0.05) is 56.8 Å². The average Bonchev–Trinajstić information content (AvgIpc) is 2.94. The molecule has 0 saturated carbocycles. The maximum atomic E-state index is 13.1. The second kappa shape index (κ2) is 12.4. The van der Waals surface area contributed by atoms with Crippen molar-refractivity contribution >= 4 is 17.7 Å². The van der Waals surface area contributed by atoms with Gasteiger partial charge >= 0.3 is 5.97 Å². The Morgan fingerprint density at radius 3 is 2.64 bits per heavy atom. The summed E-state index contributed by atoms with van der Waals surface area (Å²) >= 11 is 1.31. The monoisotopic (exact) mass is 543 g/mol. The van der Waals surface area contributed by atoms with E-state index in [-0.39, 0.29) is 22.8 Å². The summed E-state index contributed by atoms with van der Waals surface area (Å²) in [5.41, 5.74) is 11.0. The number of nitrogens with zero attached hydrogens (tertiary/aromatic N) is 4. The molecule has 2 aliphatic heterocycles. The van der Waals surface area contributed by atoms with Crippen LogP contribution in [0.25, 0.3) is 0 Å². The minimum Gasteiger partial charge on any atom is -0.466 e. The van der Waals surface area contributed by atoms with Gasteiger partial charge in [0.2, 0.25) is 5.88 Å². The molecule has 0 aliphatic carbocycles. The predicted molar refractivity (Wildman–Crippen MR) is 149 cm³/mol. The molecule has 3 heterocycles. The summed E-state index contributed by atoms with van der Waals surface area (Å²) in [4.78, 5) is 20.3. The molecule has 1 unspecified atom stereocenters. The zero-order valence-electron chi connectivity index (χ0n) is 22.8. The van der Waals surface area contributed by atoms with Gasteiger partial charge in [-0.3, -0.25) is 4.90 Å². The van der Waals surface area contributed by atoms with Crippen LogP contribution in [0, 0.1) is 22.7 Å². The van der Waals surface area contributed by atoms with Gasteiger partial charge in [0.15, 0.2) is 0 Å². The molecule has 202 valence electrons. The van der Waals surface area contributed by atoms with Crippen molar-refractivity contribution in [2.45, 2.75) is 57.0 Å². The first kappa shape index (κ1) is 28.2. The SMILES string of the molecule is CCCN1CCc2nc(SCC3=C(C(=O)OC)C(c4ccc(C(C)C)cc4)C(C#N)=C(N)O3)c(C#N)cc2C1. The molecule has 8 nitrogen and oxygen atoms in total. The van der Waals surface area contributed by atoms with Crippen molar-refractivity contribution in [3.8, 4) is 12.1 Å². The Morgan fingerprint density at radius 2 is 2.03 bits per heavy atom. The topological polar surface area (TPSA) is 125 Å². The zero-order chi connectivity index (χ0) is 28.1. The number of aromatic nitrogens is 1. The molecule has 0 saturated heterocycles. The summed E-state index contributed by atoms with van der Waals surface area (Å²) < 4.78 is 11.0. The molecule has 1 atom stereocenters. The lowest BCUT2D eigenvalue weighted by Crippen LogP contribution is -2.31. The van der Waals surface area contributed by atoms with Gasteiger partial charge in [-0.25, -0.2) is 9.78 Å². The molecular formula is C30H33N5O3S. The second-order valence-electron chi connectivity index (χ2n) is 9.95. The van der Waals surface area contributed by atoms with Crippen molar-refractivity contribution < 1.29 is 14.3 Å². The molecule has 2 aromatic rings. The van der Waals surface area contributed by atoms with Crippen LogP contribution in [0.4, 0.5) is 0 Å². The highest BCUT2D eigenvalue weighted by Crippen LogP contribution is 2.41. The predicted octanol–water partition coefficient (Wildman–Crippen LogP) is 4.87. The largest absolute Gasteiger partial charge is 0.466 e. The lowest BCUT2D eigenvalue weighted by Gasteiger charge is -2.29. The van der Waals surface area contributed by atoms with Gasteiger partial charge in [0.25, 0.3) is 0 Å². The van der Waals surface area contributed by atoms with Crippen molar-refractivity contribution in [2.24, 2.45) is 5.73 Å². The summed E-state index contributed by atoms with van der Waals surface area (Å²) in [6, 6.07) is 14.1. The second-order valence-corrected chi connectivity index (χ2v) is 10.9. The number of pyridine rings is 1. The first-order valence-electron chi connectivity index (χ1n) is 13.1. The fraction of sp³-hybridized carbons (Fsp3) is 0.400. The summed E-state index contributed by atoms with van der Waals surface area (Å²) in [7, 11) is 1.30. The van der Waals surface area contributed by atoms with Crippen LogP contribution in [0.1, 0.15) is 67.0 Å². The van der Waals surface area contributed by atoms with Crippen molar-refractivity contribution in [1.29, 1.82) is 10.5 Å². The van der Waals surface area contributed by atoms with Gasteiger partial charge in [0, 0.05) is 25.2 Å². The average molecular weight is 544 g/mol. The van der Waals surface area contributed by atoms with Gasteiger partial charge in [-0.15, -0.1) is 0 Å². The van der Waals surface area contributed by atoms with E-state index in [1.807, 2.05) is 30.3 Å². The molecule has 2 aliphatic rings. The number of thioether (sulfide) groups is 1. The molecule has 0 spiro atoms. The van der Waals surface area contributed by atoms with Gasteiger partial charge in [0.1, 0.15) is 28.5 Å². The minimum atomic E-state index is -0.732. The molecule has 39 heavy (non-hydrogen) atoms. The quantitative estimate of drug-likeness (QED) is 0.366. The van der Waals surface area contributed by atoms with Gasteiger partial charge in [-0.05, 0) is 41.6 Å². The molecule has 1 aromatic carbocycles. The highest BCUT2D eigenvalue weighted by atomic mass is 32.2. The minimum absolute atomic E-state index is 0.0476. The smallest absolute Gasteiger partial charge is 0.338 e. The Balaban J connectivity index is 1.70. The van der Waals surface area contributed by atoms with E-state index in [2.05, 4.69) is 37.8 Å². The van der Waals surface area contributed by atoms with Crippen LogP contribution in [0.5, 0.6) is 0 Å². The Morgan fingerprint density at radius 1 is 1.28 bits per heavy atom. The van der Waals surface area contributed by atoms with Crippen LogP contribution in [-0.2, 0) is 27.2 Å². The van der Waals surface area contributed by atoms with Crippen molar-refractivity contribution in [3.63, 3.8) is 0 Å². The number of ether oxygens (including phenoxy) is 2. The van der Waals surface area contributed by atoms with Crippen LogP contribution in [-0.4, -0.2) is 41.8 Å². The Bertz CT molecular complexity index is 1400. The van der Waals surface area contributed by atoms with Gasteiger partial charge in [-0.2, -0.15) is 10.5 Å². The molecule has 9 heteroatoms. The van der Waals surface area contributed by atoms with E-state index in [1.165, 1.54) is 18.9 Å². The summed E-state index contributed by atoms with van der Waals surface area (Å²) in [6.07, 6.45) is 1.89. The summed E-state index contributed by atoms with van der Waals surface area (Å²) in [5.74, 6) is -0.566. The number of carbonyl (C=O) groups excluding carboxylic acids is 1. The molecule has 0 radical (unpaired) electrons. The molecule has 4 rings (SSSR count). The first-order valence-corrected chi connectivity index (χ1v) is 14.1. The molecular weight excluding hydrogens is 510 g/mol. The van der Waals surface area contributed by atoms with E-state index in [4.69, 9.17) is 20.2 Å². The number of hydrogen-bond acceptors (Lipinski definition) is 9. The van der Waals surface area contributed by atoms with Crippen LogP contribution in [0.2, 0.25) is 0 Å². The number of fused-ring (bicyclic) bond motifs is 1. The van der Waals surface area contributed by atoms with E-state index in [9.17, 15) is 15.3 Å².